The Labute approximate surface area is 142 Å². The summed E-state index contributed by atoms with van der Waals surface area (Å²) in [4.78, 5) is 30.9. The number of nitrogens with two attached hydrogens (primary N) is 1. The van der Waals surface area contributed by atoms with Gasteiger partial charge < -0.3 is 15.8 Å². The molecule has 0 aliphatic rings. The van der Waals surface area contributed by atoms with Gasteiger partial charge in [0.25, 0.3) is 0 Å². The molecule has 0 aliphatic carbocycles. The van der Waals surface area contributed by atoms with Gasteiger partial charge in [0, 0.05) is 19.4 Å². The molecule has 0 saturated heterocycles. The summed E-state index contributed by atoms with van der Waals surface area (Å²) in [6, 6.07) is 1.75. The van der Waals surface area contributed by atoms with E-state index in [1.807, 2.05) is 26.0 Å². The third-order valence-electron chi connectivity index (χ3n) is 3.56. The van der Waals surface area contributed by atoms with Crippen molar-refractivity contribution in [3.8, 4) is 0 Å². The number of nitrogens with zero attached hydrogens (tertiary/aromatic N) is 2. The van der Waals surface area contributed by atoms with E-state index in [1.165, 1.54) is 0 Å². The lowest BCUT2D eigenvalue weighted by molar-refractivity contribution is -0.127. The van der Waals surface area contributed by atoms with E-state index in [0.717, 1.165) is 0 Å². The molecule has 1 aromatic heterocycles. The fourth-order valence-corrected chi connectivity index (χ4v) is 2.23. The maximum absolute atomic E-state index is 11.4. The predicted molar refractivity (Wildman–Crippen MR) is 91.7 cm³/mol. The molecular formula is C17H26N4O3. The first kappa shape index (κ1) is 19.8. The third kappa shape index (κ3) is 7.82. The molecular weight excluding hydrogens is 308 g/mol. The van der Waals surface area contributed by atoms with Crippen LogP contribution >= 0.6 is 0 Å². The summed E-state index contributed by atoms with van der Waals surface area (Å²) in [6.07, 6.45) is 7.53. The van der Waals surface area contributed by atoms with Crippen LogP contribution in [-0.4, -0.2) is 41.0 Å². The molecule has 0 saturated carbocycles. The van der Waals surface area contributed by atoms with Gasteiger partial charge in [-0.3, -0.25) is 9.59 Å². The molecule has 3 atom stereocenters. The summed E-state index contributed by atoms with van der Waals surface area (Å²) < 4.78 is 5.87. The van der Waals surface area contributed by atoms with Gasteiger partial charge in [-0.15, -0.1) is 0 Å². The van der Waals surface area contributed by atoms with Crippen LogP contribution < -0.4 is 11.1 Å². The van der Waals surface area contributed by atoms with Crippen LogP contribution in [-0.2, 0) is 14.3 Å². The number of nitrogens with one attached hydrogen (secondary N) is 1. The summed E-state index contributed by atoms with van der Waals surface area (Å²) in [5, 5.41) is 2.56. The van der Waals surface area contributed by atoms with Crippen molar-refractivity contribution < 1.29 is 14.3 Å². The standard InChI is InChI=1S/C17H26N4O3/c1-12(6-4-7-16-20-8-5-9-21-16)14(11-15(18)22)24-13(2)10-17(23)19-3/h4-5,7-9,12-14H,6,10-11H2,1-3H3,(H2,18,22)(H,19,23). The summed E-state index contributed by atoms with van der Waals surface area (Å²) >= 11 is 0. The van der Waals surface area contributed by atoms with Gasteiger partial charge in [0.2, 0.25) is 11.8 Å². The fraction of sp³-hybridized carbons (Fsp3) is 0.529. The maximum atomic E-state index is 11.4. The second-order valence-electron chi connectivity index (χ2n) is 5.76. The van der Waals surface area contributed by atoms with Crippen molar-refractivity contribution in [2.24, 2.45) is 11.7 Å². The number of aromatic nitrogens is 2. The molecule has 0 aromatic carbocycles. The van der Waals surface area contributed by atoms with Gasteiger partial charge in [-0.1, -0.05) is 13.0 Å². The second-order valence-corrected chi connectivity index (χ2v) is 5.76. The van der Waals surface area contributed by atoms with Crippen molar-refractivity contribution in [1.29, 1.82) is 0 Å². The van der Waals surface area contributed by atoms with E-state index >= 15 is 0 Å². The quantitative estimate of drug-likeness (QED) is 0.670. The summed E-state index contributed by atoms with van der Waals surface area (Å²) in [5.74, 6) is 0.165. The number of amides is 2. The number of ether oxygens (including phenoxy) is 1. The first-order chi connectivity index (χ1) is 11.4. The maximum Gasteiger partial charge on any atom is 0.222 e. The molecule has 24 heavy (non-hydrogen) atoms. The SMILES string of the molecule is CNC(=O)CC(C)OC(CC(N)=O)C(C)CC=Cc1ncccn1. The number of primary amides is 1. The van der Waals surface area contributed by atoms with Gasteiger partial charge in [0.1, 0.15) is 0 Å². The molecule has 2 amide bonds. The average Bonchev–Trinajstić information content (AvgIpc) is 2.54. The van der Waals surface area contributed by atoms with E-state index in [2.05, 4.69) is 15.3 Å². The number of allylic oxidation sites excluding steroid dienone is 1. The van der Waals surface area contributed by atoms with Crippen LogP contribution in [0.25, 0.3) is 6.08 Å². The molecule has 1 rings (SSSR count). The van der Waals surface area contributed by atoms with Crippen LogP contribution in [0, 0.1) is 5.92 Å². The summed E-state index contributed by atoms with van der Waals surface area (Å²) in [7, 11) is 1.58. The highest BCUT2D eigenvalue weighted by Crippen LogP contribution is 2.19. The van der Waals surface area contributed by atoms with Crippen LogP contribution in [0.3, 0.4) is 0 Å². The second kappa shape index (κ2) is 10.5. The summed E-state index contributed by atoms with van der Waals surface area (Å²) in [5.41, 5.74) is 5.32. The highest BCUT2D eigenvalue weighted by Gasteiger charge is 2.22. The zero-order valence-electron chi connectivity index (χ0n) is 14.4. The zero-order valence-corrected chi connectivity index (χ0v) is 14.4. The van der Waals surface area contributed by atoms with E-state index in [-0.39, 0.29) is 36.9 Å². The van der Waals surface area contributed by atoms with Crippen LogP contribution in [0.5, 0.6) is 0 Å². The Morgan fingerprint density at radius 2 is 1.96 bits per heavy atom. The van der Waals surface area contributed by atoms with Crippen LogP contribution in [0.15, 0.2) is 24.5 Å². The predicted octanol–water partition coefficient (Wildman–Crippen LogP) is 1.30. The largest absolute Gasteiger partial charge is 0.374 e. The Balaban J connectivity index is 2.60. The molecule has 1 heterocycles. The minimum atomic E-state index is -0.422. The number of hydrogen-bond donors (Lipinski definition) is 2. The van der Waals surface area contributed by atoms with Gasteiger partial charge in [0.05, 0.1) is 25.0 Å². The molecule has 0 fully saturated rings. The van der Waals surface area contributed by atoms with E-state index in [1.54, 1.807) is 25.5 Å². The smallest absolute Gasteiger partial charge is 0.222 e. The van der Waals surface area contributed by atoms with Crippen molar-refractivity contribution in [2.75, 3.05) is 7.05 Å². The monoisotopic (exact) mass is 334 g/mol. The molecule has 0 radical (unpaired) electrons. The molecule has 1 aromatic rings. The highest BCUT2D eigenvalue weighted by atomic mass is 16.5. The Kier molecular flexibility index (Phi) is 8.64. The average molecular weight is 334 g/mol. The van der Waals surface area contributed by atoms with Gasteiger partial charge in [-0.05, 0) is 31.4 Å². The Morgan fingerprint density at radius 3 is 2.54 bits per heavy atom. The van der Waals surface area contributed by atoms with Gasteiger partial charge in [-0.25, -0.2) is 9.97 Å². The Hall–Kier alpha value is -2.28. The number of hydrogen-bond acceptors (Lipinski definition) is 5. The van der Waals surface area contributed by atoms with Crippen molar-refractivity contribution in [1.82, 2.24) is 15.3 Å². The molecule has 7 nitrogen and oxygen atoms in total. The van der Waals surface area contributed by atoms with E-state index in [4.69, 9.17) is 10.5 Å². The Morgan fingerprint density at radius 1 is 1.29 bits per heavy atom. The van der Waals surface area contributed by atoms with Crippen molar-refractivity contribution in [3.63, 3.8) is 0 Å². The lowest BCUT2D eigenvalue weighted by Crippen LogP contribution is -2.33. The number of rotatable bonds is 10. The van der Waals surface area contributed by atoms with Gasteiger partial charge >= 0.3 is 0 Å². The van der Waals surface area contributed by atoms with Crippen LogP contribution in [0.4, 0.5) is 0 Å². The normalized spacial score (nSPS) is 15.0. The highest BCUT2D eigenvalue weighted by molar-refractivity contribution is 5.76. The van der Waals surface area contributed by atoms with Crippen molar-refractivity contribution >= 4 is 17.9 Å². The van der Waals surface area contributed by atoms with Crippen molar-refractivity contribution in [3.05, 3.63) is 30.4 Å². The van der Waals surface area contributed by atoms with E-state index in [0.29, 0.717) is 12.2 Å². The molecule has 3 unspecified atom stereocenters. The third-order valence-corrected chi connectivity index (χ3v) is 3.56. The lowest BCUT2D eigenvalue weighted by Gasteiger charge is -2.26. The molecule has 0 bridgehead atoms. The molecule has 0 spiro atoms. The Bertz CT molecular complexity index is 548. The topological polar surface area (TPSA) is 107 Å². The minimum absolute atomic E-state index is 0.0598. The first-order valence-electron chi connectivity index (χ1n) is 8.00. The molecule has 3 N–H and O–H groups in total. The fourth-order valence-electron chi connectivity index (χ4n) is 2.23. The minimum Gasteiger partial charge on any atom is -0.374 e. The van der Waals surface area contributed by atoms with Gasteiger partial charge in [0.15, 0.2) is 5.82 Å². The molecule has 7 heteroatoms. The van der Waals surface area contributed by atoms with E-state index in [9.17, 15) is 9.59 Å². The number of carbonyl (C=O) groups is 2. The number of carbonyl (C=O) groups excluding carboxylic acids is 2. The van der Waals surface area contributed by atoms with E-state index < -0.39 is 5.91 Å². The molecule has 0 aliphatic heterocycles. The zero-order chi connectivity index (χ0) is 17.9. The lowest BCUT2D eigenvalue weighted by atomic mass is 9.97. The molecule has 132 valence electrons. The van der Waals surface area contributed by atoms with Crippen LogP contribution in [0.2, 0.25) is 0 Å². The van der Waals surface area contributed by atoms with Gasteiger partial charge in [-0.2, -0.15) is 0 Å². The first-order valence-corrected chi connectivity index (χ1v) is 8.00. The van der Waals surface area contributed by atoms with Crippen LogP contribution in [0.1, 0.15) is 38.9 Å². The van der Waals surface area contributed by atoms with Crippen molar-refractivity contribution in [2.45, 2.75) is 45.3 Å². The summed E-state index contributed by atoms with van der Waals surface area (Å²) in [6.45, 7) is 3.79.